The van der Waals surface area contributed by atoms with E-state index in [2.05, 4.69) is 22.7 Å². The van der Waals surface area contributed by atoms with E-state index >= 15 is 0 Å². The molecule has 1 saturated heterocycles. The first kappa shape index (κ1) is 37.0. The number of nitrogens with one attached hydrogen (secondary N) is 2. The summed E-state index contributed by atoms with van der Waals surface area (Å²) < 4.78 is 47.9. The predicted molar refractivity (Wildman–Crippen MR) is 207 cm³/mol. The van der Waals surface area contributed by atoms with Crippen LogP contribution in [0.3, 0.4) is 0 Å². The monoisotopic (exact) mass is 750 g/mol. The minimum absolute atomic E-state index is 0.0377. The second kappa shape index (κ2) is 15.5. The maximum Gasteiger partial charge on any atom is 0.261 e. The van der Waals surface area contributed by atoms with Crippen molar-refractivity contribution in [1.29, 1.82) is 0 Å². The first-order chi connectivity index (χ1) is 26.1. The lowest BCUT2D eigenvalue weighted by atomic mass is 10.1. The van der Waals surface area contributed by atoms with Crippen LogP contribution in [0.25, 0.3) is 22.2 Å². The average Bonchev–Trinajstić information content (AvgIpc) is 3.69. The molecule has 3 aromatic carbocycles. The van der Waals surface area contributed by atoms with E-state index in [-0.39, 0.29) is 35.4 Å². The molecule has 1 aromatic heterocycles. The van der Waals surface area contributed by atoms with E-state index in [0.29, 0.717) is 41.5 Å². The van der Waals surface area contributed by atoms with E-state index < -0.39 is 33.6 Å². The normalized spacial score (nSPS) is 24.6. The minimum Gasteiger partial charge on any atom is -0.497 e. The third-order valence-electron chi connectivity index (χ3n) is 10.5. The van der Waals surface area contributed by atoms with Gasteiger partial charge in [0.15, 0.2) is 0 Å². The molecule has 2 aliphatic heterocycles. The Kier molecular flexibility index (Phi) is 10.6. The van der Waals surface area contributed by atoms with Crippen LogP contribution in [0.4, 0.5) is 0 Å². The zero-order valence-electron chi connectivity index (χ0n) is 30.6. The molecule has 3 aliphatic rings. The molecule has 0 unspecified atom stereocenters. The lowest BCUT2D eigenvalue weighted by Crippen LogP contribution is -2.52. The third kappa shape index (κ3) is 7.94. The van der Waals surface area contributed by atoms with Crippen molar-refractivity contribution >= 4 is 32.7 Å². The Bertz CT molecular complexity index is 2190. The van der Waals surface area contributed by atoms with E-state index in [1.54, 1.807) is 19.2 Å². The van der Waals surface area contributed by atoms with Gasteiger partial charge in [-0.15, -0.1) is 0 Å². The van der Waals surface area contributed by atoms with Crippen LogP contribution < -0.4 is 24.2 Å². The second-order valence-electron chi connectivity index (χ2n) is 14.2. The molecule has 7 rings (SSSR count). The van der Waals surface area contributed by atoms with Crippen molar-refractivity contribution in [3.63, 3.8) is 0 Å². The number of amides is 2. The van der Waals surface area contributed by atoms with Gasteiger partial charge in [0.2, 0.25) is 11.8 Å². The fraction of sp³-hybridized carbons (Fsp3) is 0.357. The number of allylic oxidation sites excluding steroid dienone is 1. The van der Waals surface area contributed by atoms with Gasteiger partial charge in [0.1, 0.15) is 29.4 Å². The maximum absolute atomic E-state index is 14.3. The van der Waals surface area contributed by atoms with Gasteiger partial charge in [0.25, 0.3) is 10.0 Å². The van der Waals surface area contributed by atoms with Crippen LogP contribution in [0.5, 0.6) is 17.2 Å². The second-order valence-corrected chi connectivity index (χ2v) is 15.9. The molecule has 2 bridgehead atoms. The van der Waals surface area contributed by atoms with E-state index in [0.717, 1.165) is 43.1 Å². The van der Waals surface area contributed by atoms with E-state index in [1.807, 2.05) is 60.7 Å². The van der Waals surface area contributed by atoms with Crippen molar-refractivity contribution in [3.8, 4) is 28.5 Å². The van der Waals surface area contributed by atoms with E-state index in [1.165, 1.54) is 24.0 Å². The summed E-state index contributed by atoms with van der Waals surface area (Å²) in [5.41, 5.74) is 1.40. The molecule has 11 nitrogen and oxygen atoms in total. The molecule has 2 fully saturated rings. The Hall–Kier alpha value is -5.36. The summed E-state index contributed by atoms with van der Waals surface area (Å²) in [6.07, 6.45) is 9.12. The van der Waals surface area contributed by atoms with Crippen molar-refractivity contribution in [1.82, 2.24) is 19.9 Å². The van der Waals surface area contributed by atoms with Gasteiger partial charge < -0.3 is 24.4 Å². The topological polar surface area (TPSA) is 136 Å². The number of fused-ring (bicyclic) bond motifs is 4. The van der Waals surface area contributed by atoms with Crippen LogP contribution in [0, 0.1) is 5.92 Å². The van der Waals surface area contributed by atoms with Crippen LogP contribution in [0.15, 0.2) is 108 Å². The number of likely N-dealkylation sites (tertiary alicyclic amines) is 1. The summed E-state index contributed by atoms with van der Waals surface area (Å²) >= 11 is 0. The Morgan fingerprint density at radius 2 is 1.83 bits per heavy atom. The number of hydrogen-bond donors (Lipinski definition) is 2. The van der Waals surface area contributed by atoms with Crippen LogP contribution in [0.1, 0.15) is 51.9 Å². The summed E-state index contributed by atoms with van der Waals surface area (Å²) in [6, 6.07) is 22.8. The molecule has 0 radical (unpaired) electrons. The quantitative estimate of drug-likeness (QED) is 0.212. The SMILES string of the molecule is C=C1NS(=O)(=O)c2cccc(c2)OCCCCCC/C=C/[C@H]2C[C@]12NC(=O)[C@@H]1C[C@@H](Oc2cc(-c3ccccc3)nc3cc(OC)ccc23)CN1C(C)=O. The van der Waals surface area contributed by atoms with E-state index in [4.69, 9.17) is 19.2 Å². The summed E-state index contributed by atoms with van der Waals surface area (Å²) in [7, 11) is -2.46. The highest BCUT2D eigenvalue weighted by Gasteiger charge is 2.58. The summed E-state index contributed by atoms with van der Waals surface area (Å²) in [4.78, 5) is 33.7. The number of ether oxygens (including phenoxy) is 3. The van der Waals surface area contributed by atoms with Crippen molar-refractivity contribution in [2.45, 2.75) is 74.4 Å². The van der Waals surface area contributed by atoms with Crippen molar-refractivity contribution in [2.24, 2.45) is 5.92 Å². The maximum atomic E-state index is 14.3. The van der Waals surface area contributed by atoms with Gasteiger partial charge in [0, 0.05) is 54.1 Å². The Labute approximate surface area is 316 Å². The molecule has 2 N–H and O–H groups in total. The number of sulfonamides is 1. The van der Waals surface area contributed by atoms with Gasteiger partial charge >= 0.3 is 0 Å². The molecular weight excluding hydrogens is 705 g/mol. The molecule has 1 aliphatic carbocycles. The molecular formula is C42H46N4O7S. The smallest absolute Gasteiger partial charge is 0.261 e. The van der Waals surface area contributed by atoms with E-state index in [9.17, 15) is 18.0 Å². The van der Waals surface area contributed by atoms with Crippen LogP contribution >= 0.6 is 0 Å². The number of carbonyl (C=O) groups excluding carboxylic acids is 2. The zero-order chi connectivity index (χ0) is 37.9. The highest BCUT2D eigenvalue weighted by atomic mass is 32.2. The Balaban J connectivity index is 1.14. The number of pyridine rings is 1. The lowest BCUT2D eigenvalue weighted by molar-refractivity contribution is -0.137. The summed E-state index contributed by atoms with van der Waals surface area (Å²) in [6.45, 7) is 6.28. The fourth-order valence-electron chi connectivity index (χ4n) is 7.42. The number of nitrogens with zero attached hydrogens (tertiary/aromatic N) is 2. The van der Waals surface area contributed by atoms with Gasteiger partial charge in [0.05, 0.1) is 41.9 Å². The number of hydrogen-bond acceptors (Lipinski definition) is 8. The molecule has 4 atom stereocenters. The summed E-state index contributed by atoms with van der Waals surface area (Å²) in [5, 5.41) is 3.92. The van der Waals surface area contributed by atoms with Gasteiger partial charge in [-0.1, -0.05) is 68.0 Å². The molecule has 0 spiro atoms. The molecule has 282 valence electrons. The van der Waals surface area contributed by atoms with Crippen LogP contribution in [-0.2, 0) is 19.6 Å². The van der Waals surface area contributed by atoms with Gasteiger partial charge in [-0.25, -0.2) is 13.4 Å². The van der Waals surface area contributed by atoms with Crippen molar-refractivity contribution in [3.05, 3.63) is 103 Å². The molecule has 1 saturated carbocycles. The molecule has 3 heterocycles. The fourth-order valence-corrected chi connectivity index (χ4v) is 8.57. The largest absolute Gasteiger partial charge is 0.497 e. The number of carbonyl (C=O) groups is 2. The average molecular weight is 751 g/mol. The Morgan fingerprint density at radius 3 is 2.63 bits per heavy atom. The number of benzene rings is 3. The number of aromatic nitrogens is 1. The minimum atomic E-state index is -4.06. The molecule has 12 heteroatoms. The standard InChI is InChI=1S/C42H46N4O7S/c1-28-42(26-31(42)16-11-6-4-5-7-12-21-52-33-17-13-18-35(22-33)54(49,50)45-28)44-41(48)39-24-34(27-46(39)29(2)47)53-40-25-37(30-14-9-8-10-15-30)43-38-23-32(51-3)19-20-36(38)40/h8-11,13-20,22-23,25,31,34,39,45H,1,4-7,12,21,24,26-27H2,2-3H3,(H,44,48)/b16-11+/t31-,34+,39-,42-/m0/s1. The van der Waals surface area contributed by atoms with Gasteiger partial charge in [-0.05, 0) is 49.9 Å². The first-order valence-corrected chi connectivity index (χ1v) is 20.0. The zero-order valence-corrected chi connectivity index (χ0v) is 31.4. The predicted octanol–water partition coefficient (Wildman–Crippen LogP) is 6.54. The van der Waals surface area contributed by atoms with Crippen molar-refractivity contribution in [2.75, 3.05) is 20.3 Å². The lowest BCUT2D eigenvalue weighted by Gasteiger charge is -2.27. The molecule has 2 amide bonds. The molecule has 54 heavy (non-hydrogen) atoms. The third-order valence-corrected chi connectivity index (χ3v) is 11.9. The van der Waals surface area contributed by atoms with Gasteiger partial charge in [-0.2, -0.15) is 0 Å². The number of methoxy groups -OCH3 is 1. The highest BCUT2D eigenvalue weighted by Crippen LogP contribution is 2.49. The van der Waals surface area contributed by atoms with Gasteiger partial charge in [-0.3, -0.25) is 14.3 Å². The van der Waals surface area contributed by atoms with Crippen LogP contribution in [0.2, 0.25) is 0 Å². The first-order valence-electron chi connectivity index (χ1n) is 18.5. The van der Waals surface area contributed by atoms with Crippen LogP contribution in [-0.4, -0.2) is 68.1 Å². The number of rotatable bonds is 6. The summed E-state index contributed by atoms with van der Waals surface area (Å²) in [5.74, 6) is 0.855. The Morgan fingerprint density at radius 1 is 1.02 bits per heavy atom. The molecule has 4 aromatic rings. The van der Waals surface area contributed by atoms with Crippen molar-refractivity contribution < 1.29 is 32.2 Å². The highest BCUT2D eigenvalue weighted by molar-refractivity contribution is 7.89.